The third-order valence-corrected chi connectivity index (χ3v) is 10.1. The molecule has 0 fully saturated rings. The van der Waals surface area contributed by atoms with E-state index in [0.29, 0.717) is 0 Å². The first-order chi connectivity index (χ1) is 27.7. The van der Waals surface area contributed by atoms with Crippen molar-refractivity contribution in [3.8, 4) is 44.5 Å². The Balaban J connectivity index is 1.54. The average Bonchev–Trinajstić information content (AvgIpc) is 4.08. The van der Waals surface area contributed by atoms with Gasteiger partial charge in [-0.15, -0.1) is 0 Å². The van der Waals surface area contributed by atoms with Gasteiger partial charge in [0.1, 0.15) is 0 Å². The first-order valence-electron chi connectivity index (χ1n) is 18.7. The van der Waals surface area contributed by atoms with Crippen LogP contribution in [0.4, 0.5) is 0 Å². The maximum Gasteiger partial charge on any atom is 0.0809 e. The SMILES string of the molecule is C=C/C=C/C1=Cc2nc1c(-c1ccccc1)c1ccc([nH]1)c(-c1ccccc1)c1nc(c(-c3ccccc3)c3ccc([nH]3)c2-c2ccccc2)C(/C=C/C=C)=C1. The van der Waals surface area contributed by atoms with Crippen LogP contribution in [-0.4, -0.2) is 19.9 Å². The number of aromatic amines is 2. The van der Waals surface area contributed by atoms with E-state index in [9.17, 15) is 0 Å². The largest absolute Gasteiger partial charge is 0.354 e. The Morgan fingerprint density at radius 1 is 0.375 bits per heavy atom. The van der Waals surface area contributed by atoms with Crippen molar-refractivity contribution in [3.05, 3.63) is 218 Å². The normalized spacial score (nSPS) is 12.5. The average molecular weight is 719 g/mol. The smallest absolute Gasteiger partial charge is 0.0809 e. The minimum Gasteiger partial charge on any atom is -0.354 e. The highest BCUT2D eigenvalue weighted by molar-refractivity contribution is 6.05. The number of nitrogens with zero attached hydrogens (tertiary/aromatic N) is 2. The number of aromatic nitrogens is 4. The molecule has 0 radical (unpaired) electrons. The Bertz CT molecular complexity index is 2700. The minimum atomic E-state index is 0.858. The molecule has 0 unspecified atom stereocenters. The molecule has 7 aromatic rings. The zero-order valence-electron chi connectivity index (χ0n) is 30.8. The van der Waals surface area contributed by atoms with Crippen molar-refractivity contribution in [1.82, 2.24) is 19.9 Å². The van der Waals surface area contributed by atoms with Crippen molar-refractivity contribution in [2.45, 2.75) is 0 Å². The second-order valence-electron chi connectivity index (χ2n) is 13.6. The van der Waals surface area contributed by atoms with Gasteiger partial charge in [0, 0.05) is 55.5 Å². The molecule has 9 rings (SSSR count). The molecule has 3 aromatic heterocycles. The van der Waals surface area contributed by atoms with E-state index in [-0.39, 0.29) is 0 Å². The summed E-state index contributed by atoms with van der Waals surface area (Å²) in [6.07, 6.45) is 16.1. The summed E-state index contributed by atoms with van der Waals surface area (Å²) < 4.78 is 0. The van der Waals surface area contributed by atoms with E-state index in [0.717, 1.165) is 100 Å². The standard InChI is InChI=1S/C52H38N4/c1-3-5-19-39-33-45-47(35-21-11-7-12-22-35)41-30-32-44(54-41)50(38-27-17-10-18-28-38)52-40(20-6-4-2)34-46(56-52)48(36-23-13-8-14-24-36)42-29-31-43(53-42)49(51(39)55-45)37-25-15-9-16-26-37/h3-34,53-54H,1-2H2/b19-5+,20-6+,47-41?,47-45?,48-42?,48-46?,49-43?,50-44?,51-49?,52-50?. The number of benzene rings is 4. The number of H-pyrrole nitrogens is 2. The number of nitrogens with one attached hydrogen (secondary N) is 2. The Labute approximate surface area is 326 Å². The van der Waals surface area contributed by atoms with Gasteiger partial charge in [0.05, 0.1) is 22.8 Å². The van der Waals surface area contributed by atoms with E-state index in [2.05, 4.69) is 169 Å². The van der Waals surface area contributed by atoms with Gasteiger partial charge in [0.15, 0.2) is 0 Å². The summed E-state index contributed by atoms with van der Waals surface area (Å²) in [4.78, 5) is 18.8. The Morgan fingerprint density at radius 3 is 1.00 bits per heavy atom. The second-order valence-corrected chi connectivity index (χ2v) is 13.6. The molecule has 0 atom stereocenters. The van der Waals surface area contributed by atoms with Crippen LogP contribution >= 0.6 is 0 Å². The minimum absolute atomic E-state index is 0.858. The molecule has 5 heterocycles. The number of allylic oxidation sites excluding steroid dienone is 8. The fourth-order valence-corrected chi connectivity index (χ4v) is 7.64. The van der Waals surface area contributed by atoms with Crippen molar-refractivity contribution >= 4 is 45.4 Å². The molecule has 0 aliphatic carbocycles. The molecule has 4 aromatic carbocycles. The number of rotatable bonds is 8. The quantitative estimate of drug-likeness (QED) is 0.154. The molecule has 4 nitrogen and oxygen atoms in total. The predicted molar refractivity (Wildman–Crippen MR) is 237 cm³/mol. The highest BCUT2D eigenvalue weighted by atomic mass is 14.8. The van der Waals surface area contributed by atoms with E-state index in [1.165, 1.54) is 0 Å². The van der Waals surface area contributed by atoms with Gasteiger partial charge in [-0.25, -0.2) is 9.97 Å². The molecule has 0 saturated carbocycles. The van der Waals surface area contributed by atoms with Crippen LogP contribution < -0.4 is 0 Å². The van der Waals surface area contributed by atoms with Gasteiger partial charge in [0.25, 0.3) is 0 Å². The van der Waals surface area contributed by atoms with Crippen molar-refractivity contribution in [2.24, 2.45) is 0 Å². The van der Waals surface area contributed by atoms with Gasteiger partial charge in [-0.2, -0.15) is 0 Å². The lowest BCUT2D eigenvalue weighted by atomic mass is 9.99. The van der Waals surface area contributed by atoms with Crippen molar-refractivity contribution in [3.63, 3.8) is 0 Å². The van der Waals surface area contributed by atoms with Crippen molar-refractivity contribution in [1.29, 1.82) is 0 Å². The lowest BCUT2D eigenvalue weighted by molar-refractivity contribution is 1.30. The number of fused-ring (bicyclic) bond motifs is 8. The van der Waals surface area contributed by atoms with Crippen LogP contribution in [0.25, 0.3) is 89.9 Å². The highest BCUT2D eigenvalue weighted by Gasteiger charge is 2.23. The fraction of sp³-hybridized carbons (Fsp3) is 0. The van der Waals surface area contributed by atoms with E-state index in [1.54, 1.807) is 12.2 Å². The van der Waals surface area contributed by atoms with Gasteiger partial charge in [0.2, 0.25) is 0 Å². The highest BCUT2D eigenvalue weighted by Crippen LogP contribution is 2.42. The molecule has 56 heavy (non-hydrogen) atoms. The van der Waals surface area contributed by atoms with Crippen LogP contribution in [-0.2, 0) is 0 Å². The molecular weight excluding hydrogens is 681 g/mol. The molecule has 4 heteroatoms. The van der Waals surface area contributed by atoms with Crippen molar-refractivity contribution < 1.29 is 0 Å². The van der Waals surface area contributed by atoms with Crippen LogP contribution in [0.5, 0.6) is 0 Å². The summed E-state index contributed by atoms with van der Waals surface area (Å²) in [5.74, 6) is 0. The van der Waals surface area contributed by atoms with E-state index in [4.69, 9.17) is 9.97 Å². The van der Waals surface area contributed by atoms with Crippen LogP contribution in [0.15, 0.2) is 195 Å². The Morgan fingerprint density at radius 2 is 0.679 bits per heavy atom. The molecule has 2 aliphatic heterocycles. The molecule has 0 saturated heterocycles. The van der Waals surface area contributed by atoms with E-state index in [1.807, 2.05) is 36.4 Å². The van der Waals surface area contributed by atoms with E-state index < -0.39 is 0 Å². The van der Waals surface area contributed by atoms with Crippen LogP contribution in [0.2, 0.25) is 0 Å². The Hall–Kier alpha value is -7.56. The zero-order valence-corrected chi connectivity index (χ0v) is 30.8. The summed E-state index contributed by atoms with van der Waals surface area (Å²) in [7, 11) is 0. The van der Waals surface area contributed by atoms with Crippen LogP contribution in [0.3, 0.4) is 0 Å². The molecular formula is C52H38N4. The second kappa shape index (κ2) is 15.1. The van der Waals surface area contributed by atoms with Crippen LogP contribution in [0, 0.1) is 0 Å². The predicted octanol–water partition coefficient (Wildman–Crippen LogP) is 13.5. The topological polar surface area (TPSA) is 57.4 Å². The fourth-order valence-electron chi connectivity index (χ4n) is 7.64. The lowest BCUT2D eigenvalue weighted by Crippen LogP contribution is -1.91. The maximum absolute atomic E-state index is 5.55. The molecule has 2 aliphatic rings. The Kier molecular flexibility index (Phi) is 9.20. The number of hydrogen-bond donors (Lipinski definition) is 2. The van der Waals surface area contributed by atoms with E-state index >= 15 is 0 Å². The van der Waals surface area contributed by atoms with Gasteiger partial charge in [-0.1, -0.05) is 171 Å². The summed E-state index contributed by atoms with van der Waals surface area (Å²) in [5, 5.41) is 0. The maximum atomic E-state index is 5.55. The van der Waals surface area contributed by atoms with Crippen LogP contribution in [0.1, 0.15) is 22.8 Å². The van der Waals surface area contributed by atoms with Gasteiger partial charge in [-0.3, -0.25) is 0 Å². The summed E-state index contributed by atoms with van der Waals surface area (Å²) in [5.41, 5.74) is 17.4. The molecule has 266 valence electrons. The van der Waals surface area contributed by atoms with Crippen molar-refractivity contribution in [2.75, 3.05) is 0 Å². The third kappa shape index (κ3) is 6.40. The van der Waals surface area contributed by atoms with Gasteiger partial charge < -0.3 is 9.97 Å². The van der Waals surface area contributed by atoms with Gasteiger partial charge >= 0.3 is 0 Å². The zero-order chi connectivity index (χ0) is 37.8. The summed E-state index contributed by atoms with van der Waals surface area (Å²) >= 11 is 0. The monoisotopic (exact) mass is 718 g/mol. The first kappa shape index (κ1) is 34.2. The third-order valence-electron chi connectivity index (χ3n) is 10.1. The molecule has 2 N–H and O–H groups in total. The molecule has 0 amide bonds. The summed E-state index contributed by atoms with van der Waals surface area (Å²) in [6, 6.07) is 50.6. The first-order valence-corrected chi connectivity index (χ1v) is 18.7. The summed E-state index contributed by atoms with van der Waals surface area (Å²) in [6.45, 7) is 7.99. The molecule has 0 spiro atoms. The van der Waals surface area contributed by atoms with Gasteiger partial charge in [-0.05, 0) is 58.7 Å². The number of hydrogen-bond acceptors (Lipinski definition) is 2. The molecule has 8 bridgehead atoms. The lowest BCUT2D eigenvalue weighted by Gasteiger charge is -2.08.